The van der Waals surface area contributed by atoms with E-state index < -0.39 is 0 Å². The van der Waals surface area contributed by atoms with Gasteiger partial charge in [-0.2, -0.15) is 0 Å². The van der Waals surface area contributed by atoms with Gasteiger partial charge in [0, 0.05) is 0 Å². The van der Waals surface area contributed by atoms with Crippen molar-refractivity contribution in [3.63, 3.8) is 0 Å². The number of phenols is 2. The summed E-state index contributed by atoms with van der Waals surface area (Å²) in [6.07, 6.45) is 12.0. The van der Waals surface area contributed by atoms with Crippen molar-refractivity contribution in [1.82, 2.24) is 0 Å². The molecule has 2 aliphatic carbocycles. The molecular formula is C26H30O2. The molecule has 0 amide bonds. The summed E-state index contributed by atoms with van der Waals surface area (Å²) < 4.78 is 0. The van der Waals surface area contributed by atoms with E-state index in [1.165, 1.54) is 48.0 Å². The first-order valence-electron chi connectivity index (χ1n) is 10.5. The molecule has 0 radical (unpaired) electrons. The SMILES string of the molecule is Cc1cc(C2=CCC(C3CC=C(c4ccc(O)c(C)c4)CC3)CC2)ccc1O. The maximum Gasteiger partial charge on any atom is 0.118 e. The van der Waals surface area contributed by atoms with Gasteiger partial charge in [-0.05, 0) is 122 Å². The smallest absolute Gasteiger partial charge is 0.118 e. The highest BCUT2D eigenvalue weighted by atomic mass is 16.3. The van der Waals surface area contributed by atoms with Crippen LogP contribution >= 0.6 is 0 Å². The van der Waals surface area contributed by atoms with Crippen molar-refractivity contribution in [3.8, 4) is 11.5 Å². The Morgan fingerprint density at radius 2 is 1.11 bits per heavy atom. The van der Waals surface area contributed by atoms with Crippen molar-refractivity contribution in [1.29, 1.82) is 0 Å². The first-order chi connectivity index (χ1) is 13.5. The lowest BCUT2D eigenvalue weighted by Crippen LogP contribution is -2.19. The molecule has 0 spiro atoms. The van der Waals surface area contributed by atoms with Gasteiger partial charge in [-0.15, -0.1) is 0 Å². The molecule has 0 aromatic heterocycles. The summed E-state index contributed by atoms with van der Waals surface area (Å²) in [5, 5.41) is 19.5. The van der Waals surface area contributed by atoms with E-state index >= 15 is 0 Å². The molecule has 2 heteroatoms. The maximum atomic E-state index is 9.75. The largest absolute Gasteiger partial charge is 0.508 e. The molecule has 0 aliphatic heterocycles. The molecule has 2 aromatic rings. The van der Waals surface area contributed by atoms with Crippen LogP contribution in [0.1, 0.15) is 60.8 Å². The molecule has 2 N–H and O–H groups in total. The van der Waals surface area contributed by atoms with Gasteiger partial charge in [0.1, 0.15) is 11.5 Å². The maximum absolute atomic E-state index is 9.75. The van der Waals surface area contributed by atoms with Crippen molar-refractivity contribution >= 4 is 11.1 Å². The summed E-state index contributed by atoms with van der Waals surface area (Å²) in [6, 6.07) is 11.9. The molecule has 2 aliphatic rings. The van der Waals surface area contributed by atoms with Crippen LogP contribution in [0, 0.1) is 25.7 Å². The Bertz CT molecular complexity index is 858. The number of hydrogen-bond acceptors (Lipinski definition) is 2. The van der Waals surface area contributed by atoms with Gasteiger partial charge in [0.05, 0.1) is 0 Å². The molecule has 146 valence electrons. The van der Waals surface area contributed by atoms with Gasteiger partial charge in [0.15, 0.2) is 0 Å². The van der Waals surface area contributed by atoms with E-state index in [1.54, 1.807) is 0 Å². The van der Waals surface area contributed by atoms with Crippen LogP contribution in [0.15, 0.2) is 48.6 Å². The first-order valence-corrected chi connectivity index (χ1v) is 10.5. The zero-order chi connectivity index (χ0) is 19.7. The average Bonchev–Trinajstić information content (AvgIpc) is 2.72. The number of phenolic OH excluding ortho intramolecular Hbond substituents is 2. The molecule has 28 heavy (non-hydrogen) atoms. The van der Waals surface area contributed by atoms with Gasteiger partial charge in [0.2, 0.25) is 0 Å². The second-order valence-electron chi connectivity index (χ2n) is 8.53. The Morgan fingerprint density at radius 3 is 1.43 bits per heavy atom. The molecule has 2 atom stereocenters. The lowest BCUT2D eigenvalue weighted by atomic mass is 9.73. The third-order valence-corrected chi connectivity index (χ3v) is 6.70. The molecule has 0 heterocycles. The summed E-state index contributed by atoms with van der Waals surface area (Å²) in [5.41, 5.74) is 7.31. The van der Waals surface area contributed by atoms with Gasteiger partial charge in [0.25, 0.3) is 0 Å². The number of hydrogen-bond donors (Lipinski definition) is 2. The van der Waals surface area contributed by atoms with Crippen LogP contribution in [0.25, 0.3) is 11.1 Å². The molecule has 0 fully saturated rings. The number of aryl methyl sites for hydroxylation is 2. The van der Waals surface area contributed by atoms with Gasteiger partial charge >= 0.3 is 0 Å². The van der Waals surface area contributed by atoms with E-state index in [-0.39, 0.29) is 0 Å². The summed E-state index contributed by atoms with van der Waals surface area (Å²) in [4.78, 5) is 0. The number of benzene rings is 2. The van der Waals surface area contributed by atoms with Crippen molar-refractivity contribution in [3.05, 3.63) is 70.8 Å². The second-order valence-corrected chi connectivity index (χ2v) is 8.53. The van der Waals surface area contributed by atoms with Crippen LogP contribution in [-0.4, -0.2) is 10.2 Å². The van der Waals surface area contributed by atoms with Crippen LogP contribution in [0.4, 0.5) is 0 Å². The standard InChI is InChI=1S/C26H30O2/c1-17-15-23(11-13-25(17)27)21-7-3-19(4-8-21)20-5-9-22(10-6-20)24-12-14-26(28)18(2)16-24/h7,9,11-16,19-20,27-28H,3-6,8,10H2,1-2H3. The zero-order valence-corrected chi connectivity index (χ0v) is 16.9. The highest BCUT2D eigenvalue weighted by molar-refractivity contribution is 5.69. The predicted molar refractivity (Wildman–Crippen MR) is 116 cm³/mol. The van der Waals surface area contributed by atoms with Crippen molar-refractivity contribution in [2.75, 3.05) is 0 Å². The summed E-state index contributed by atoms with van der Waals surface area (Å²) >= 11 is 0. The third kappa shape index (κ3) is 3.87. The van der Waals surface area contributed by atoms with E-state index in [0.29, 0.717) is 11.5 Å². The minimum Gasteiger partial charge on any atom is -0.508 e. The Balaban J connectivity index is 1.40. The number of allylic oxidation sites excluding steroid dienone is 4. The lowest BCUT2D eigenvalue weighted by Gasteiger charge is -2.32. The van der Waals surface area contributed by atoms with Crippen LogP contribution in [0.2, 0.25) is 0 Å². The van der Waals surface area contributed by atoms with Gasteiger partial charge in [-0.3, -0.25) is 0 Å². The first kappa shape index (κ1) is 18.9. The topological polar surface area (TPSA) is 40.5 Å². The lowest BCUT2D eigenvalue weighted by molar-refractivity contribution is 0.292. The molecule has 2 unspecified atom stereocenters. The van der Waals surface area contributed by atoms with Crippen molar-refractivity contribution in [2.24, 2.45) is 11.8 Å². The average molecular weight is 375 g/mol. The molecule has 4 rings (SSSR count). The van der Waals surface area contributed by atoms with Crippen molar-refractivity contribution in [2.45, 2.75) is 52.4 Å². The Labute approximate surface area is 168 Å². The van der Waals surface area contributed by atoms with Crippen LogP contribution < -0.4 is 0 Å². The van der Waals surface area contributed by atoms with Gasteiger partial charge in [-0.25, -0.2) is 0 Å². The van der Waals surface area contributed by atoms with Gasteiger partial charge in [-0.1, -0.05) is 24.3 Å². The minimum atomic E-state index is 0.381. The van der Waals surface area contributed by atoms with E-state index in [4.69, 9.17) is 0 Å². The number of aromatic hydroxyl groups is 2. The third-order valence-electron chi connectivity index (χ3n) is 6.70. The van der Waals surface area contributed by atoms with Crippen LogP contribution in [0.5, 0.6) is 11.5 Å². The normalized spacial score (nSPS) is 22.5. The van der Waals surface area contributed by atoms with Crippen LogP contribution in [-0.2, 0) is 0 Å². The van der Waals surface area contributed by atoms with E-state index in [1.807, 2.05) is 38.1 Å². The van der Waals surface area contributed by atoms with E-state index in [0.717, 1.165) is 35.8 Å². The zero-order valence-electron chi connectivity index (χ0n) is 16.9. The Hall–Kier alpha value is -2.48. The Kier molecular flexibility index (Phi) is 5.30. The summed E-state index contributed by atoms with van der Waals surface area (Å²) in [7, 11) is 0. The molecule has 0 bridgehead atoms. The monoisotopic (exact) mass is 374 g/mol. The quantitative estimate of drug-likeness (QED) is 0.621. The minimum absolute atomic E-state index is 0.381. The summed E-state index contributed by atoms with van der Waals surface area (Å²) in [6.45, 7) is 3.93. The predicted octanol–water partition coefficient (Wildman–Crippen LogP) is 6.78. The number of rotatable bonds is 3. The van der Waals surface area contributed by atoms with E-state index in [9.17, 15) is 10.2 Å². The van der Waals surface area contributed by atoms with Crippen molar-refractivity contribution < 1.29 is 10.2 Å². The fraction of sp³-hybridized carbons (Fsp3) is 0.385. The van der Waals surface area contributed by atoms with Crippen LogP contribution in [0.3, 0.4) is 0 Å². The summed E-state index contributed by atoms with van der Waals surface area (Å²) in [5.74, 6) is 2.32. The molecule has 0 saturated heterocycles. The highest BCUT2D eigenvalue weighted by Crippen LogP contribution is 2.41. The van der Waals surface area contributed by atoms with E-state index in [2.05, 4.69) is 24.3 Å². The molecule has 2 aromatic carbocycles. The fourth-order valence-corrected chi connectivity index (χ4v) is 4.80. The van der Waals surface area contributed by atoms with Gasteiger partial charge < -0.3 is 10.2 Å². The Morgan fingerprint density at radius 1 is 0.679 bits per heavy atom. The second kappa shape index (κ2) is 7.87. The molecule has 2 nitrogen and oxygen atoms in total. The fourth-order valence-electron chi connectivity index (χ4n) is 4.80. The molecular weight excluding hydrogens is 344 g/mol. The molecule has 0 saturated carbocycles. The highest BCUT2D eigenvalue weighted by Gasteiger charge is 2.26.